The van der Waals surface area contributed by atoms with E-state index in [0.29, 0.717) is 64.5 Å². The van der Waals surface area contributed by atoms with E-state index in [0.717, 1.165) is 55.5 Å². The first-order valence-corrected chi connectivity index (χ1v) is 22.5. The molecular formula is C41H51ClF6N8O10S. The summed E-state index contributed by atoms with van der Waals surface area (Å²) in [4.78, 5) is 44.4. The minimum Gasteiger partial charge on any atom is -0.406 e. The standard InChI is InChI=1S/C41H51ClF6N8O10S/c42-29-24-51-38(56-36(29)52-27-6-8-28(9-7-27)65-40(43,44)45)53-30-10-5-26(23-32(30)66-41(46,47)48)37(58)50-12-14-61-16-18-63-20-22-64-21-19-62-17-15-60-13-11-49-34(57)4-2-1-3-33-35-31(25-67-33)54-39(59)55-35/h5-10,23-24,31,33,35H,1-4,11-22,25H2,(H,49,57)(H,50,58)(H2,54,55,59)(H2,51,52,53,56). The number of amides is 4. The number of fused-ring (bicyclic) bond motifs is 1. The van der Waals surface area contributed by atoms with Gasteiger partial charge in [0.1, 0.15) is 10.8 Å². The van der Waals surface area contributed by atoms with Gasteiger partial charge in [0.15, 0.2) is 11.6 Å². The van der Waals surface area contributed by atoms with Crippen molar-refractivity contribution in [3.05, 3.63) is 59.2 Å². The van der Waals surface area contributed by atoms with E-state index in [9.17, 15) is 40.7 Å². The number of rotatable bonds is 30. The van der Waals surface area contributed by atoms with Crippen LogP contribution >= 0.6 is 23.4 Å². The Labute approximate surface area is 390 Å². The third-order valence-corrected chi connectivity index (χ3v) is 11.3. The van der Waals surface area contributed by atoms with Gasteiger partial charge in [0.25, 0.3) is 5.91 Å². The van der Waals surface area contributed by atoms with Gasteiger partial charge in [0, 0.05) is 41.8 Å². The summed E-state index contributed by atoms with van der Waals surface area (Å²) in [5.74, 6) is -1.30. The molecule has 0 radical (unpaired) electrons. The molecule has 2 aliphatic rings. The molecule has 3 unspecified atom stereocenters. The number of nitrogens with one attached hydrogen (secondary N) is 6. The number of carbonyl (C=O) groups excluding carboxylic acids is 3. The molecule has 67 heavy (non-hydrogen) atoms. The van der Waals surface area contributed by atoms with Crippen LogP contribution in [0.5, 0.6) is 11.5 Å². The number of benzene rings is 2. The Hall–Kier alpha value is -5.05. The van der Waals surface area contributed by atoms with Gasteiger partial charge in [-0.15, -0.1) is 26.3 Å². The maximum absolute atomic E-state index is 13.4. The molecule has 18 nitrogen and oxygen atoms in total. The van der Waals surface area contributed by atoms with Crippen molar-refractivity contribution in [1.82, 2.24) is 31.2 Å². The lowest BCUT2D eigenvalue weighted by molar-refractivity contribution is -0.275. The molecule has 0 saturated carbocycles. The van der Waals surface area contributed by atoms with Gasteiger partial charge in [0.2, 0.25) is 11.9 Å². The quantitative estimate of drug-likeness (QED) is 0.0254. The van der Waals surface area contributed by atoms with Gasteiger partial charge in [-0.1, -0.05) is 18.0 Å². The molecule has 2 saturated heterocycles. The minimum absolute atomic E-state index is 0.00967. The summed E-state index contributed by atoms with van der Waals surface area (Å²) < 4.78 is 113. The van der Waals surface area contributed by atoms with Gasteiger partial charge >= 0.3 is 18.8 Å². The van der Waals surface area contributed by atoms with Crippen LogP contribution in [0.15, 0.2) is 48.7 Å². The second-order valence-electron chi connectivity index (χ2n) is 14.5. The molecule has 370 valence electrons. The van der Waals surface area contributed by atoms with E-state index < -0.39 is 30.1 Å². The first-order chi connectivity index (χ1) is 32.1. The molecule has 3 atom stereocenters. The van der Waals surface area contributed by atoms with E-state index >= 15 is 0 Å². The topological polar surface area (TPSA) is 214 Å². The molecule has 6 N–H and O–H groups in total. The van der Waals surface area contributed by atoms with Gasteiger partial charge in [-0.2, -0.15) is 16.7 Å². The van der Waals surface area contributed by atoms with Crippen LogP contribution in [0.3, 0.4) is 0 Å². The van der Waals surface area contributed by atoms with E-state index in [2.05, 4.69) is 51.3 Å². The Morgan fingerprint density at radius 3 is 2.00 bits per heavy atom. The van der Waals surface area contributed by atoms with Crippen LogP contribution in [0.25, 0.3) is 0 Å². The SMILES string of the molecule is O=C(CCCCC1SCC2NC(=O)NC21)NCCOCCOCCOCCOCCOCCNC(=O)c1ccc(Nc2ncc(Cl)c(Nc3ccc(OC(F)(F)F)cc3)n2)c(OC(F)(F)F)c1. The number of unbranched alkanes of at least 4 members (excludes halogenated alkanes) is 1. The lowest BCUT2D eigenvalue weighted by atomic mass is 10.0. The fraction of sp³-hybridized carbons (Fsp3) is 0.537. The molecule has 26 heteroatoms. The number of urea groups is 1. The molecular weight excluding hydrogens is 946 g/mol. The number of alkyl halides is 6. The lowest BCUT2D eigenvalue weighted by Gasteiger charge is -2.16. The van der Waals surface area contributed by atoms with Crippen LogP contribution < -0.4 is 41.4 Å². The number of aromatic nitrogens is 2. The summed E-state index contributed by atoms with van der Waals surface area (Å²) in [5.41, 5.74) is -0.158. The maximum atomic E-state index is 13.4. The molecule has 0 bridgehead atoms. The van der Waals surface area contributed by atoms with Gasteiger partial charge in [-0.3, -0.25) is 9.59 Å². The van der Waals surface area contributed by atoms with E-state index in [1.54, 1.807) is 0 Å². The number of hydrogen-bond acceptors (Lipinski definition) is 15. The molecule has 0 aliphatic carbocycles. The fourth-order valence-electron chi connectivity index (χ4n) is 6.43. The Bertz CT molecular complexity index is 2030. The first kappa shape index (κ1) is 52.9. The summed E-state index contributed by atoms with van der Waals surface area (Å²) in [6.45, 7) is 3.50. The maximum Gasteiger partial charge on any atom is 0.573 e. The van der Waals surface area contributed by atoms with Crippen molar-refractivity contribution in [3.63, 3.8) is 0 Å². The molecule has 4 amide bonds. The minimum atomic E-state index is -5.13. The van der Waals surface area contributed by atoms with Crippen LogP contribution in [0.4, 0.5) is 54.3 Å². The Kier molecular flexibility index (Phi) is 21.4. The summed E-state index contributed by atoms with van der Waals surface area (Å²) >= 11 is 8.02. The molecule has 2 aromatic carbocycles. The van der Waals surface area contributed by atoms with Crippen molar-refractivity contribution in [1.29, 1.82) is 0 Å². The second kappa shape index (κ2) is 27.1. The molecule has 1 aromatic heterocycles. The predicted molar refractivity (Wildman–Crippen MR) is 233 cm³/mol. The van der Waals surface area contributed by atoms with Crippen molar-refractivity contribution in [2.45, 2.75) is 55.7 Å². The van der Waals surface area contributed by atoms with E-state index in [1.165, 1.54) is 18.2 Å². The third kappa shape index (κ3) is 20.0. The van der Waals surface area contributed by atoms with Crippen molar-refractivity contribution < 1.29 is 73.9 Å². The molecule has 5 rings (SSSR count). The van der Waals surface area contributed by atoms with Crippen molar-refractivity contribution in [3.8, 4) is 11.5 Å². The summed E-state index contributed by atoms with van der Waals surface area (Å²) in [6, 6.07) is 8.18. The number of carbonyl (C=O) groups is 3. The smallest absolute Gasteiger partial charge is 0.406 e. The monoisotopic (exact) mass is 996 g/mol. The summed E-state index contributed by atoms with van der Waals surface area (Å²) in [6.07, 6.45) is -5.73. The third-order valence-electron chi connectivity index (χ3n) is 9.48. The Morgan fingerprint density at radius 2 is 1.37 bits per heavy atom. The number of halogens is 7. The zero-order chi connectivity index (χ0) is 48.1. The van der Waals surface area contributed by atoms with Crippen LogP contribution in [0.2, 0.25) is 5.02 Å². The zero-order valence-corrected chi connectivity index (χ0v) is 37.5. The normalized spacial score (nSPS) is 16.8. The Morgan fingerprint density at radius 1 is 0.761 bits per heavy atom. The second-order valence-corrected chi connectivity index (χ2v) is 16.2. The fourth-order valence-corrected chi connectivity index (χ4v) is 8.12. The molecule has 3 aromatic rings. The van der Waals surface area contributed by atoms with Crippen LogP contribution in [-0.4, -0.2) is 143 Å². The van der Waals surface area contributed by atoms with Crippen LogP contribution in [0.1, 0.15) is 36.0 Å². The molecule has 3 heterocycles. The Balaban J connectivity index is 0.855. The van der Waals surface area contributed by atoms with E-state index in [1.807, 2.05) is 11.8 Å². The number of nitrogens with zero attached hydrogens (tertiary/aromatic N) is 2. The van der Waals surface area contributed by atoms with E-state index in [4.69, 9.17) is 35.3 Å². The highest BCUT2D eigenvalue weighted by Crippen LogP contribution is 2.35. The highest BCUT2D eigenvalue weighted by molar-refractivity contribution is 8.00. The first-order valence-electron chi connectivity index (χ1n) is 21.1. The largest absolute Gasteiger partial charge is 0.573 e. The zero-order valence-electron chi connectivity index (χ0n) is 35.9. The molecule has 2 aliphatic heterocycles. The number of hydrogen-bond donors (Lipinski definition) is 6. The van der Waals surface area contributed by atoms with Crippen molar-refractivity contribution in [2.24, 2.45) is 0 Å². The number of thioether (sulfide) groups is 1. The van der Waals surface area contributed by atoms with Crippen LogP contribution in [-0.2, 0) is 28.5 Å². The summed E-state index contributed by atoms with van der Waals surface area (Å²) in [7, 11) is 0. The van der Waals surface area contributed by atoms with Gasteiger partial charge in [-0.05, 0) is 55.3 Å². The lowest BCUT2D eigenvalue weighted by Crippen LogP contribution is -2.36. The van der Waals surface area contributed by atoms with Gasteiger partial charge in [0.05, 0.1) is 90.0 Å². The highest BCUT2D eigenvalue weighted by atomic mass is 35.5. The predicted octanol–water partition coefficient (Wildman–Crippen LogP) is 6.07. The van der Waals surface area contributed by atoms with Gasteiger partial charge < -0.3 is 65.1 Å². The average Bonchev–Trinajstić information content (AvgIpc) is 3.83. The average molecular weight is 997 g/mol. The van der Waals surface area contributed by atoms with Crippen molar-refractivity contribution in [2.75, 3.05) is 95.5 Å². The number of ether oxygens (including phenoxy) is 7. The molecule has 0 spiro atoms. The molecule has 2 fully saturated rings. The van der Waals surface area contributed by atoms with Gasteiger partial charge in [-0.25, -0.2) is 9.78 Å². The van der Waals surface area contributed by atoms with Crippen molar-refractivity contribution >= 4 is 64.3 Å². The van der Waals surface area contributed by atoms with E-state index in [-0.39, 0.29) is 84.1 Å². The number of anilines is 4. The summed E-state index contributed by atoms with van der Waals surface area (Å²) in [5, 5.41) is 17.0. The van der Waals surface area contributed by atoms with Crippen LogP contribution in [0, 0.1) is 0 Å². The highest BCUT2D eigenvalue weighted by Gasteiger charge is 2.42.